The molecule has 0 aliphatic carbocycles. The lowest BCUT2D eigenvalue weighted by Crippen LogP contribution is -2.18. The third kappa shape index (κ3) is 4.73. The molecule has 0 aliphatic rings. The fourth-order valence-corrected chi connectivity index (χ4v) is 2.67. The molecule has 5 heteroatoms. The maximum atomic E-state index is 5.08. The van der Waals surface area contributed by atoms with E-state index < -0.39 is 0 Å². The number of aromatic nitrogens is 2. The lowest BCUT2D eigenvalue weighted by atomic mass is 9.92. The first-order valence-corrected chi connectivity index (χ1v) is 7.49. The standard InChI is InChI=1S/C14H24BrN3O/c1-6-16-13-11(15)12(14(2,3)4)17-10(18-13)8-7-9-19-5/h6-9H2,1-5H3,(H,16,17,18). The van der Waals surface area contributed by atoms with Gasteiger partial charge in [-0.25, -0.2) is 9.97 Å². The molecule has 0 spiro atoms. The molecule has 1 aromatic rings. The van der Waals surface area contributed by atoms with Gasteiger partial charge < -0.3 is 10.1 Å². The van der Waals surface area contributed by atoms with Crippen molar-refractivity contribution in [2.24, 2.45) is 0 Å². The molecule has 0 radical (unpaired) electrons. The van der Waals surface area contributed by atoms with Crippen LogP contribution in [0.3, 0.4) is 0 Å². The van der Waals surface area contributed by atoms with Crippen LogP contribution in [-0.2, 0) is 16.6 Å². The molecule has 0 saturated heterocycles. The molecule has 0 saturated carbocycles. The van der Waals surface area contributed by atoms with Crippen molar-refractivity contribution in [3.63, 3.8) is 0 Å². The van der Waals surface area contributed by atoms with Crippen LogP contribution in [0.5, 0.6) is 0 Å². The Bertz CT molecular complexity index is 416. The SMILES string of the molecule is CCNc1nc(CCCOC)nc(C(C)(C)C)c1Br. The van der Waals surface area contributed by atoms with Crippen LogP contribution in [-0.4, -0.2) is 30.2 Å². The van der Waals surface area contributed by atoms with E-state index in [2.05, 4.69) is 53.9 Å². The number of ether oxygens (including phenoxy) is 1. The van der Waals surface area contributed by atoms with E-state index in [4.69, 9.17) is 9.72 Å². The molecule has 1 heterocycles. The van der Waals surface area contributed by atoms with Gasteiger partial charge >= 0.3 is 0 Å². The van der Waals surface area contributed by atoms with Gasteiger partial charge in [-0.05, 0) is 29.3 Å². The third-order valence-corrected chi connectivity index (χ3v) is 3.45. The van der Waals surface area contributed by atoms with Gasteiger partial charge in [0, 0.05) is 32.1 Å². The molecule has 0 fully saturated rings. The molecule has 4 nitrogen and oxygen atoms in total. The molecule has 0 aliphatic heterocycles. The summed E-state index contributed by atoms with van der Waals surface area (Å²) in [6.45, 7) is 10.1. The third-order valence-electron chi connectivity index (χ3n) is 2.70. The second-order valence-electron chi connectivity index (χ2n) is 5.53. The number of nitrogens with one attached hydrogen (secondary N) is 1. The van der Waals surface area contributed by atoms with Gasteiger partial charge in [0.1, 0.15) is 11.6 Å². The first-order valence-electron chi connectivity index (χ1n) is 6.69. The minimum Gasteiger partial charge on any atom is -0.385 e. The highest BCUT2D eigenvalue weighted by Crippen LogP contribution is 2.32. The van der Waals surface area contributed by atoms with E-state index in [-0.39, 0.29) is 5.41 Å². The summed E-state index contributed by atoms with van der Waals surface area (Å²) in [5.41, 5.74) is 1.04. The van der Waals surface area contributed by atoms with Crippen molar-refractivity contribution in [2.75, 3.05) is 25.6 Å². The number of hydrogen-bond donors (Lipinski definition) is 1. The Hall–Kier alpha value is -0.680. The van der Waals surface area contributed by atoms with Gasteiger partial charge in [0.15, 0.2) is 0 Å². The van der Waals surface area contributed by atoms with Crippen molar-refractivity contribution in [3.05, 3.63) is 16.0 Å². The molecule has 0 bridgehead atoms. The Balaban J connectivity index is 3.08. The quantitative estimate of drug-likeness (QED) is 0.811. The molecule has 108 valence electrons. The van der Waals surface area contributed by atoms with Gasteiger partial charge in [0.2, 0.25) is 0 Å². The van der Waals surface area contributed by atoms with Crippen LogP contribution in [0.4, 0.5) is 5.82 Å². The Morgan fingerprint density at radius 2 is 1.95 bits per heavy atom. The van der Waals surface area contributed by atoms with Gasteiger partial charge in [-0.1, -0.05) is 20.8 Å². The van der Waals surface area contributed by atoms with Crippen molar-refractivity contribution < 1.29 is 4.74 Å². The van der Waals surface area contributed by atoms with Gasteiger partial charge in [0.05, 0.1) is 10.2 Å². The summed E-state index contributed by atoms with van der Waals surface area (Å²) in [4.78, 5) is 9.29. The molecular weight excluding hydrogens is 306 g/mol. The number of rotatable bonds is 6. The number of anilines is 1. The number of aryl methyl sites for hydroxylation is 1. The van der Waals surface area contributed by atoms with Gasteiger partial charge in [-0.15, -0.1) is 0 Å². The second-order valence-corrected chi connectivity index (χ2v) is 6.32. The second kappa shape index (κ2) is 7.20. The highest BCUT2D eigenvalue weighted by atomic mass is 79.9. The molecule has 19 heavy (non-hydrogen) atoms. The van der Waals surface area contributed by atoms with Crippen LogP contribution in [0.1, 0.15) is 45.6 Å². The first-order chi connectivity index (χ1) is 8.90. The number of methoxy groups -OCH3 is 1. The van der Waals surface area contributed by atoms with E-state index in [1.54, 1.807) is 7.11 Å². The average molecular weight is 330 g/mol. The predicted octanol–water partition coefficient (Wildman–Crippen LogP) is 3.55. The molecule has 0 unspecified atom stereocenters. The van der Waals surface area contributed by atoms with Crippen LogP contribution in [0.15, 0.2) is 4.47 Å². The summed E-state index contributed by atoms with van der Waals surface area (Å²) in [6, 6.07) is 0. The van der Waals surface area contributed by atoms with E-state index >= 15 is 0 Å². The zero-order valence-electron chi connectivity index (χ0n) is 12.5. The minimum absolute atomic E-state index is 0.0120. The number of nitrogens with zero attached hydrogens (tertiary/aromatic N) is 2. The monoisotopic (exact) mass is 329 g/mol. The van der Waals surface area contributed by atoms with Crippen molar-refractivity contribution in [1.29, 1.82) is 0 Å². The summed E-state index contributed by atoms with van der Waals surface area (Å²) < 4.78 is 6.05. The Morgan fingerprint density at radius 3 is 2.47 bits per heavy atom. The Kier molecular flexibility index (Phi) is 6.20. The summed E-state index contributed by atoms with van der Waals surface area (Å²) in [5, 5.41) is 3.29. The van der Waals surface area contributed by atoms with Crippen LogP contribution in [0.2, 0.25) is 0 Å². The molecular formula is C14H24BrN3O. The molecule has 0 aromatic carbocycles. The van der Waals surface area contributed by atoms with Gasteiger partial charge in [0.25, 0.3) is 0 Å². The van der Waals surface area contributed by atoms with Crippen LogP contribution in [0.25, 0.3) is 0 Å². The first kappa shape index (κ1) is 16.4. The van der Waals surface area contributed by atoms with E-state index in [0.717, 1.165) is 47.8 Å². The molecule has 1 aromatic heterocycles. The van der Waals surface area contributed by atoms with Crippen LogP contribution in [0, 0.1) is 0 Å². The summed E-state index contributed by atoms with van der Waals surface area (Å²) in [7, 11) is 1.72. The van der Waals surface area contributed by atoms with E-state index in [1.165, 1.54) is 0 Å². The number of halogens is 1. The highest BCUT2D eigenvalue weighted by Gasteiger charge is 2.22. The molecule has 0 amide bonds. The van der Waals surface area contributed by atoms with Gasteiger partial charge in [-0.2, -0.15) is 0 Å². The lowest BCUT2D eigenvalue weighted by Gasteiger charge is -2.22. The Morgan fingerprint density at radius 1 is 1.26 bits per heavy atom. The normalized spacial score (nSPS) is 11.7. The smallest absolute Gasteiger partial charge is 0.144 e. The van der Waals surface area contributed by atoms with Crippen LogP contribution >= 0.6 is 15.9 Å². The van der Waals surface area contributed by atoms with Crippen molar-refractivity contribution in [3.8, 4) is 0 Å². The Labute approximate surface area is 124 Å². The largest absolute Gasteiger partial charge is 0.385 e. The summed E-state index contributed by atoms with van der Waals surface area (Å²) >= 11 is 3.62. The topological polar surface area (TPSA) is 47.0 Å². The van der Waals surface area contributed by atoms with E-state index in [1.807, 2.05) is 0 Å². The fourth-order valence-electron chi connectivity index (χ4n) is 1.76. The predicted molar refractivity (Wildman–Crippen MR) is 82.8 cm³/mol. The van der Waals surface area contributed by atoms with Crippen molar-refractivity contribution in [2.45, 2.75) is 46.0 Å². The molecule has 0 atom stereocenters. The maximum absolute atomic E-state index is 5.08. The van der Waals surface area contributed by atoms with Gasteiger partial charge in [-0.3, -0.25) is 0 Å². The summed E-state index contributed by atoms with van der Waals surface area (Å²) in [5.74, 6) is 1.76. The maximum Gasteiger partial charge on any atom is 0.144 e. The van der Waals surface area contributed by atoms with Crippen molar-refractivity contribution >= 4 is 21.7 Å². The van der Waals surface area contributed by atoms with Crippen molar-refractivity contribution in [1.82, 2.24) is 9.97 Å². The zero-order valence-corrected chi connectivity index (χ0v) is 14.1. The van der Waals surface area contributed by atoms with E-state index in [9.17, 15) is 0 Å². The number of hydrogen-bond acceptors (Lipinski definition) is 4. The van der Waals surface area contributed by atoms with E-state index in [0.29, 0.717) is 0 Å². The lowest BCUT2D eigenvalue weighted by molar-refractivity contribution is 0.194. The molecule has 1 rings (SSSR count). The average Bonchev–Trinajstić information content (AvgIpc) is 2.32. The summed E-state index contributed by atoms with van der Waals surface area (Å²) in [6.07, 6.45) is 1.77. The van der Waals surface area contributed by atoms with Crippen LogP contribution < -0.4 is 5.32 Å². The highest BCUT2D eigenvalue weighted by molar-refractivity contribution is 9.10. The zero-order chi connectivity index (χ0) is 14.5. The minimum atomic E-state index is -0.0120. The fraction of sp³-hybridized carbons (Fsp3) is 0.714. The molecule has 1 N–H and O–H groups in total.